The molecule has 0 saturated heterocycles. The summed E-state index contributed by atoms with van der Waals surface area (Å²) >= 11 is 0. The highest BCUT2D eigenvalue weighted by Crippen LogP contribution is 2.17. The largest absolute Gasteiger partial charge is 0.461 e. The number of para-hydroxylation sites is 2. The topological polar surface area (TPSA) is 110 Å². The highest BCUT2D eigenvalue weighted by molar-refractivity contribution is 5.91. The number of hydrogen-bond donors (Lipinski definition) is 2. The monoisotopic (exact) mass is 323 g/mol. The minimum atomic E-state index is -0.188. The summed E-state index contributed by atoms with van der Waals surface area (Å²) in [7, 11) is 0. The maximum Gasteiger partial charge on any atom is 0.238 e. The molecule has 0 saturated carbocycles. The van der Waals surface area contributed by atoms with Gasteiger partial charge in [0, 0.05) is 12.8 Å². The number of imidazole rings is 1. The van der Waals surface area contributed by atoms with Crippen LogP contribution in [0.4, 0.5) is 5.95 Å². The van der Waals surface area contributed by atoms with Crippen molar-refractivity contribution in [2.24, 2.45) is 0 Å². The van der Waals surface area contributed by atoms with E-state index < -0.39 is 0 Å². The Morgan fingerprint density at radius 1 is 1.17 bits per heavy atom. The van der Waals surface area contributed by atoms with Crippen LogP contribution in [0.25, 0.3) is 22.6 Å². The third kappa shape index (κ3) is 2.89. The molecule has 0 unspecified atom stereocenters. The Labute approximate surface area is 135 Å². The van der Waals surface area contributed by atoms with Gasteiger partial charge in [-0.05, 0) is 24.3 Å². The molecular formula is C16H13N5O3. The van der Waals surface area contributed by atoms with Gasteiger partial charge in [-0.1, -0.05) is 17.3 Å². The van der Waals surface area contributed by atoms with Crippen LogP contribution >= 0.6 is 0 Å². The van der Waals surface area contributed by atoms with Gasteiger partial charge in [-0.15, -0.1) is 0 Å². The predicted octanol–water partition coefficient (Wildman–Crippen LogP) is 2.78. The summed E-state index contributed by atoms with van der Waals surface area (Å²) in [4.78, 5) is 23.5. The number of carbonyl (C=O) groups is 1. The van der Waals surface area contributed by atoms with Crippen molar-refractivity contribution >= 4 is 22.9 Å². The lowest BCUT2D eigenvalue weighted by molar-refractivity contribution is -0.116. The van der Waals surface area contributed by atoms with Crippen molar-refractivity contribution in [1.82, 2.24) is 20.1 Å². The number of carbonyl (C=O) groups excluding carboxylic acids is 1. The molecule has 0 spiro atoms. The molecule has 120 valence electrons. The standard InChI is InChI=1S/C16H13N5O3/c22-13(19-16-17-10-4-1-2-5-11(10)18-16)7-8-14-20-15(21-24-14)12-6-3-9-23-12/h1-6,9H,7-8H2,(H2,17,18,19,22). The zero-order chi connectivity index (χ0) is 16.4. The van der Waals surface area contributed by atoms with Crippen molar-refractivity contribution in [1.29, 1.82) is 0 Å². The molecule has 0 aliphatic carbocycles. The van der Waals surface area contributed by atoms with Crippen LogP contribution in [0, 0.1) is 0 Å². The molecule has 24 heavy (non-hydrogen) atoms. The quantitative estimate of drug-likeness (QED) is 0.584. The maximum absolute atomic E-state index is 12.0. The number of furan rings is 1. The van der Waals surface area contributed by atoms with Gasteiger partial charge in [0.05, 0.1) is 17.3 Å². The Morgan fingerprint density at radius 2 is 2.08 bits per heavy atom. The Hall–Kier alpha value is -3.42. The van der Waals surface area contributed by atoms with Crippen molar-refractivity contribution in [3.8, 4) is 11.6 Å². The number of hydrogen-bond acceptors (Lipinski definition) is 6. The maximum atomic E-state index is 12.0. The molecule has 3 aromatic heterocycles. The summed E-state index contributed by atoms with van der Waals surface area (Å²) in [6.45, 7) is 0. The number of anilines is 1. The molecule has 0 aliphatic heterocycles. The van der Waals surface area contributed by atoms with Crippen LogP contribution in [-0.2, 0) is 11.2 Å². The van der Waals surface area contributed by atoms with Gasteiger partial charge in [-0.25, -0.2) is 4.98 Å². The van der Waals surface area contributed by atoms with Crippen LogP contribution in [-0.4, -0.2) is 26.0 Å². The van der Waals surface area contributed by atoms with Gasteiger partial charge in [0.25, 0.3) is 0 Å². The first-order chi connectivity index (χ1) is 11.8. The van der Waals surface area contributed by atoms with Gasteiger partial charge < -0.3 is 13.9 Å². The first-order valence-corrected chi connectivity index (χ1v) is 7.39. The minimum absolute atomic E-state index is 0.188. The van der Waals surface area contributed by atoms with Gasteiger partial charge >= 0.3 is 0 Å². The lowest BCUT2D eigenvalue weighted by Crippen LogP contribution is -2.13. The van der Waals surface area contributed by atoms with Gasteiger partial charge in [0.15, 0.2) is 5.76 Å². The highest BCUT2D eigenvalue weighted by atomic mass is 16.5. The first-order valence-electron chi connectivity index (χ1n) is 7.39. The average molecular weight is 323 g/mol. The van der Waals surface area contributed by atoms with Crippen LogP contribution < -0.4 is 5.32 Å². The van der Waals surface area contributed by atoms with Crippen molar-refractivity contribution in [3.05, 3.63) is 48.6 Å². The van der Waals surface area contributed by atoms with E-state index >= 15 is 0 Å². The molecule has 0 fully saturated rings. The third-order valence-electron chi connectivity index (χ3n) is 3.42. The molecule has 1 aromatic carbocycles. The number of H-pyrrole nitrogens is 1. The summed E-state index contributed by atoms with van der Waals surface area (Å²) in [5.41, 5.74) is 1.67. The Kier molecular flexibility index (Phi) is 3.54. The fourth-order valence-corrected chi connectivity index (χ4v) is 2.29. The zero-order valence-electron chi connectivity index (χ0n) is 12.5. The highest BCUT2D eigenvalue weighted by Gasteiger charge is 2.13. The Balaban J connectivity index is 1.36. The van der Waals surface area contributed by atoms with Crippen LogP contribution in [0.5, 0.6) is 0 Å². The van der Waals surface area contributed by atoms with Crippen molar-refractivity contribution < 1.29 is 13.7 Å². The molecular weight excluding hydrogens is 310 g/mol. The smallest absolute Gasteiger partial charge is 0.238 e. The van der Waals surface area contributed by atoms with E-state index in [1.54, 1.807) is 12.1 Å². The SMILES string of the molecule is O=C(CCc1nc(-c2ccco2)no1)Nc1nc2ccccc2[nH]1. The van der Waals surface area contributed by atoms with Crippen LogP contribution in [0.3, 0.4) is 0 Å². The number of rotatable bonds is 5. The molecule has 8 nitrogen and oxygen atoms in total. The van der Waals surface area contributed by atoms with E-state index in [-0.39, 0.29) is 12.3 Å². The number of fused-ring (bicyclic) bond motifs is 1. The van der Waals surface area contributed by atoms with Crippen molar-refractivity contribution in [2.75, 3.05) is 5.32 Å². The summed E-state index contributed by atoms with van der Waals surface area (Å²) in [5.74, 6) is 1.50. The Bertz CT molecular complexity index is 938. The van der Waals surface area contributed by atoms with Gasteiger partial charge in [0.2, 0.25) is 23.6 Å². The lowest BCUT2D eigenvalue weighted by Gasteiger charge is -1.99. The van der Waals surface area contributed by atoms with E-state index in [1.807, 2.05) is 24.3 Å². The summed E-state index contributed by atoms with van der Waals surface area (Å²) in [5, 5.41) is 6.54. The molecule has 0 bridgehead atoms. The second kappa shape index (κ2) is 5.99. The third-order valence-corrected chi connectivity index (χ3v) is 3.42. The molecule has 0 radical (unpaired) electrons. The molecule has 8 heteroatoms. The molecule has 1 amide bonds. The van der Waals surface area contributed by atoms with Crippen molar-refractivity contribution in [2.45, 2.75) is 12.8 Å². The summed E-state index contributed by atoms with van der Waals surface area (Å²) < 4.78 is 10.3. The van der Waals surface area contributed by atoms with E-state index in [9.17, 15) is 4.79 Å². The molecule has 0 atom stereocenters. The predicted molar refractivity (Wildman–Crippen MR) is 85.0 cm³/mol. The second-order valence-corrected chi connectivity index (χ2v) is 5.14. The average Bonchev–Trinajstić information content (AvgIpc) is 3.31. The van der Waals surface area contributed by atoms with Gasteiger partial charge in [-0.3, -0.25) is 10.1 Å². The van der Waals surface area contributed by atoms with Crippen LogP contribution in [0.2, 0.25) is 0 Å². The minimum Gasteiger partial charge on any atom is -0.461 e. The van der Waals surface area contributed by atoms with Gasteiger partial charge in [-0.2, -0.15) is 4.98 Å². The van der Waals surface area contributed by atoms with E-state index in [0.29, 0.717) is 29.8 Å². The van der Waals surface area contributed by atoms with E-state index in [0.717, 1.165) is 11.0 Å². The summed E-state index contributed by atoms with van der Waals surface area (Å²) in [6, 6.07) is 11.0. The molecule has 2 N–H and O–H groups in total. The molecule has 0 aliphatic rings. The second-order valence-electron chi connectivity index (χ2n) is 5.14. The van der Waals surface area contributed by atoms with E-state index in [2.05, 4.69) is 25.4 Å². The fraction of sp³-hybridized carbons (Fsp3) is 0.125. The first kappa shape index (κ1) is 14.2. The van der Waals surface area contributed by atoms with Gasteiger partial charge in [0.1, 0.15) is 0 Å². The Morgan fingerprint density at radius 3 is 2.92 bits per heavy atom. The number of aromatic nitrogens is 4. The molecule has 3 heterocycles. The number of nitrogens with zero attached hydrogens (tertiary/aromatic N) is 3. The number of aryl methyl sites for hydroxylation is 1. The van der Waals surface area contributed by atoms with Crippen molar-refractivity contribution in [3.63, 3.8) is 0 Å². The number of benzene rings is 1. The normalized spacial score (nSPS) is 11.0. The summed E-state index contributed by atoms with van der Waals surface area (Å²) in [6.07, 6.45) is 2.07. The van der Waals surface area contributed by atoms with Crippen LogP contribution in [0.15, 0.2) is 51.6 Å². The number of amides is 1. The zero-order valence-corrected chi connectivity index (χ0v) is 12.5. The fourth-order valence-electron chi connectivity index (χ4n) is 2.29. The van der Waals surface area contributed by atoms with E-state index in [1.165, 1.54) is 6.26 Å². The van der Waals surface area contributed by atoms with E-state index in [4.69, 9.17) is 8.94 Å². The molecule has 4 aromatic rings. The number of nitrogens with one attached hydrogen (secondary N) is 2. The lowest BCUT2D eigenvalue weighted by atomic mass is 10.3. The van der Waals surface area contributed by atoms with Crippen LogP contribution in [0.1, 0.15) is 12.3 Å². The molecule has 4 rings (SSSR count). The number of aromatic amines is 1.